The summed E-state index contributed by atoms with van der Waals surface area (Å²) in [4.78, 5) is 26.9. The molecule has 0 aliphatic heterocycles. The first-order chi connectivity index (χ1) is 11.0. The number of hydrogen-bond donors (Lipinski definition) is 3. The largest absolute Gasteiger partial charge is 0.481 e. The fraction of sp³-hybridized carbons (Fsp3) is 0.333. The van der Waals surface area contributed by atoms with Crippen molar-refractivity contribution in [2.45, 2.75) is 26.7 Å². The second-order valence-electron chi connectivity index (χ2n) is 5.62. The van der Waals surface area contributed by atoms with Crippen LogP contribution in [0, 0.1) is 5.41 Å². The van der Waals surface area contributed by atoms with Gasteiger partial charge in [0.05, 0.1) is 11.0 Å². The average Bonchev–Trinajstić information content (AvgIpc) is 3.06. The van der Waals surface area contributed by atoms with Gasteiger partial charge in [0.2, 0.25) is 0 Å². The number of carboxylic acids is 1. The third-order valence-electron chi connectivity index (χ3n) is 4.47. The minimum absolute atomic E-state index is 0.119. The SMILES string of the molecule is CCC(CC)(CNC(=O)c1c[nH]cc1-c1ccccc1)C(=O)O. The Bertz CT molecular complexity index is 673. The van der Waals surface area contributed by atoms with Crippen LogP contribution in [-0.4, -0.2) is 28.5 Å². The molecule has 5 nitrogen and oxygen atoms in total. The number of nitrogens with one attached hydrogen (secondary N) is 2. The van der Waals surface area contributed by atoms with Crippen LogP contribution in [0.25, 0.3) is 11.1 Å². The van der Waals surface area contributed by atoms with Gasteiger partial charge in [0, 0.05) is 24.5 Å². The Hall–Kier alpha value is -2.56. The summed E-state index contributed by atoms with van der Waals surface area (Å²) in [6.07, 6.45) is 4.35. The number of carbonyl (C=O) groups is 2. The maximum Gasteiger partial charge on any atom is 0.311 e. The molecule has 1 aromatic heterocycles. The van der Waals surface area contributed by atoms with Crippen molar-refractivity contribution < 1.29 is 14.7 Å². The number of aliphatic carboxylic acids is 1. The highest BCUT2D eigenvalue weighted by Crippen LogP contribution is 2.27. The van der Waals surface area contributed by atoms with Crippen LogP contribution in [0.2, 0.25) is 0 Å². The molecule has 0 aliphatic rings. The molecule has 2 aromatic rings. The van der Waals surface area contributed by atoms with E-state index in [1.54, 1.807) is 12.4 Å². The van der Waals surface area contributed by atoms with Gasteiger partial charge in [-0.1, -0.05) is 44.2 Å². The topological polar surface area (TPSA) is 82.2 Å². The maximum atomic E-state index is 12.5. The molecule has 0 saturated heterocycles. The molecule has 1 aromatic carbocycles. The zero-order chi connectivity index (χ0) is 16.9. The fourth-order valence-corrected chi connectivity index (χ4v) is 2.63. The third-order valence-corrected chi connectivity index (χ3v) is 4.47. The quantitative estimate of drug-likeness (QED) is 0.733. The average molecular weight is 314 g/mol. The number of aromatic nitrogens is 1. The highest BCUT2D eigenvalue weighted by atomic mass is 16.4. The number of amides is 1. The molecular formula is C18H22N2O3. The van der Waals surface area contributed by atoms with Crippen LogP contribution >= 0.6 is 0 Å². The molecule has 0 atom stereocenters. The number of hydrogen-bond acceptors (Lipinski definition) is 2. The van der Waals surface area contributed by atoms with E-state index in [9.17, 15) is 14.7 Å². The van der Waals surface area contributed by atoms with Crippen molar-refractivity contribution in [3.8, 4) is 11.1 Å². The molecule has 0 fully saturated rings. The number of benzene rings is 1. The van der Waals surface area contributed by atoms with Crippen LogP contribution in [0.15, 0.2) is 42.7 Å². The van der Waals surface area contributed by atoms with Gasteiger partial charge in [-0.25, -0.2) is 0 Å². The van der Waals surface area contributed by atoms with Crippen LogP contribution in [0.3, 0.4) is 0 Å². The molecule has 2 rings (SSSR count). The molecule has 0 aliphatic carbocycles. The van der Waals surface area contributed by atoms with E-state index in [2.05, 4.69) is 10.3 Å². The smallest absolute Gasteiger partial charge is 0.311 e. The van der Waals surface area contributed by atoms with Crippen LogP contribution in [0.1, 0.15) is 37.0 Å². The molecule has 0 unspecified atom stereocenters. The summed E-state index contributed by atoms with van der Waals surface area (Å²) in [6.45, 7) is 3.78. The summed E-state index contributed by atoms with van der Waals surface area (Å²) in [5.41, 5.74) is 1.34. The molecular weight excluding hydrogens is 292 g/mol. The van der Waals surface area contributed by atoms with Crippen molar-refractivity contribution in [1.82, 2.24) is 10.3 Å². The Kier molecular flexibility index (Phi) is 5.21. The van der Waals surface area contributed by atoms with E-state index in [1.807, 2.05) is 44.2 Å². The minimum Gasteiger partial charge on any atom is -0.481 e. The van der Waals surface area contributed by atoms with Gasteiger partial charge in [-0.2, -0.15) is 0 Å². The number of rotatable bonds is 7. The van der Waals surface area contributed by atoms with E-state index in [4.69, 9.17) is 0 Å². The Balaban J connectivity index is 2.17. The molecule has 5 heteroatoms. The molecule has 23 heavy (non-hydrogen) atoms. The lowest BCUT2D eigenvalue weighted by Crippen LogP contribution is -2.42. The number of carboxylic acid groups (broad SMARTS) is 1. The van der Waals surface area contributed by atoms with E-state index >= 15 is 0 Å². The highest BCUT2D eigenvalue weighted by molar-refractivity contribution is 6.01. The van der Waals surface area contributed by atoms with Gasteiger partial charge in [0.15, 0.2) is 0 Å². The van der Waals surface area contributed by atoms with E-state index in [0.717, 1.165) is 11.1 Å². The zero-order valence-corrected chi connectivity index (χ0v) is 13.4. The fourth-order valence-electron chi connectivity index (χ4n) is 2.63. The minimum atomic E-state index is -0.918. The summed E-state index contributed by atoms with van der Waals surface area (Å²) >= 11 is 0. The van der Waals surface area contributed by atoms with E-state index in [1.165, 1.54) is 0 Å². The lowest BCUT2D eigenvalue weighted by atomic mass is 9.82. The summed E-state index contributed by atoms with van der Waals surface area (Å²) < 4.78 is 0. The molecule has 122 valence electrons. The second-order valence-corrected chi connectivity index (χ2v) is 5.62. The Labute approximate surface area is 135 Å². The highest BCUT2D eigenvalue weighted by Gasteiger charge is 2.35. The summed E-state index contributed by atoms with van der Waals surface area (Å²) in [5.74, 6) is -1.14. The number of carbonyl (C=O) groups excluding carboxylic acids is 1. The summed E-state index contributed by atoms with van der Waals surface area (Å²) in [6, 6.07) is 9.60. The van der Waals surface area contributed by atoms with E-state index in [-0.39, 0.29) is 12.5 Å². The number of aromatic amines is 1. The Morgan fingerprint density at radius 1 is 1.13 bits per heavy atom. The Morgan fingerprint density at radius 3 is 2.35 bits per heavy atom. The van der Waals surface area contributed by atoms with Gasteiger partial charge in [-0.15, -0.1) is 0 Å². The predicted octanol–water partition coefficient (Wildman–Crippen LogP) is 3.30. The number of H-pyrrole nitrogens is 1. The van der Waals surface area contributed by atoms with Crippen LogP contribution < -0.4 is 5.32 Å². The van der Waals surface area contributed by atoms with Crippen LogP contribution in [-0.2, 0) is 4.79 Å². The first-order valence-corrected chi connectivity index (χ1v) is 7.78. The zero-order valence-electron chi connectivity index (χ0n) is 13.4. The monoisotopic (exact) mass is 314 g/mol. The molecule has 0 radical (unpaired) electrons. The maximum absolute atomic E-state index is 12.5. The van der Waals surface area contributed by atoms with Gasteiger partial charge in [0.25, 0.3) is 5.91 Å². The second kappa shape index (κ2) is 7.13. The molecule has 0 spiro atoms. The van der Waals surface area contributed by atoms with Gasteiger partial charge < -0.3 is 15.4 Å². The normalized spacial score (nSPS) is 11.2. The first-order valence-electron chi connectivity index (χ1n) is 7.78. The van der Waals surface area contributed by atoms with Gasteiger partial charge >= 0.3 is 5.97 Å². The van der Waals surface area contributed by atoms with Gasteiger partial charge in [0.1, 0.15) is 0 Å². The summed E-state index contributed by atoms with van der Waals surface area (Å²) in [7, 11) is 0. The molecule has 1 heterocycles. The van der Waals surface area contributed by atoms with Gasteiger partial charge in [-0.3, -0.25) is 9.59 Å². The van der Waals surface area contributed by atoms with E-state index < -0.39 is 11.4 Å². The molecule has 3 N–H and O–H groups in total. The van der Waals surface area contributed by atoms with Crippen molar-refractivity contribution in [2.24, 2.45) is 5.41 Å². The lowest BCUT2D eigenvalue weighted by Gasteiger charge is -2.26. The van der Waals surface area contributed by atoms with Gasteiger partial charge in [-0.05, 0) is 18.4 Å². The first kappa shape index (κ1) is 16.8. The van der Waals surface area contributed by atoms with Crippen molar-refractivity contribution in [3.63, 3.8) is 0 Å². The van der Waals surface area contributed by atoms with Crippen LogP contribution in [0.4, 0.5) is 0 Å². The standard InChI is InChI=1S/C18H22N2O3/c1-3-18(4-2,17(22)23)12-20-16(21)15-11-19-10-14(15)13-8-6-5-7-9-13/h5-11,19H,3-4,12H2,1-2H3,(H,20,21)(H,22,23). The van der Waals surface area contributed by atoms with Crippen molar-refractivity contribution in [1.29, 1.82) is 0 Å². The van der Waals surface area contributed by atoms with Crippen molar-refractivity contribution in [3.05, 3.63) is 48.3 Å². The molecule has 1 amide bonds. The Morgan fingerprint density at radius 2 is 1.78 bits per heavy atom. The molecule has 0 saturated carbocycles. The lowest BCUT2D eigenvalue weighted by molar-refractivity contribution is -0.149. The third kappa shape index (κ3) is 3.44. The van der Waals surface area contributed by atoms with Crippen molar-refractivity contribution >= 4 is 11.9 Å². The van der Waals surface area contributed by atoms with Crippen LogP contribution in [0.5, 0.6) is 0 Å². The van der Waals surface area contributed by atoms with Crippen molar-refractivity contribution in [2.75, 3.05) is 6.54 Å². The predicted molar refractivity (Wildman–Crippen MR) is 89.2 cm³/mol. The van der Waals surface area contributed by atoms with E-state index in [0.29, 0.717) is 18.4 Å². The molecule has 0 bridgehead atoms. The summed E-state index contributed by atoms with van der Waals surface area (Å²) in [5, 5.41) is 12.2.